The molecule has 0 bridgehead atoms. The van der Waals surface area contributed by atoms with Gasteiger partial charge in [0.05, 0.1) is 10.7 Å². The van der Waals surface area contributed by atoms with Gasteiger partial charge in [-0.3, -0.25) is 25.0 Å². The largest absolute Gasteiger partial charge is 0.312 e. The second-order valence-corrected chi connectivity index (χ2v) is 9.15. The van der Waals surface area contributed by atoms with Gasteiger partial charge >= 0.3 is 0 Å². The maximum Gasteiger partial charge on any atom is 0.269 e. The summed E-state index contributed by atoms with van der Waals surface area (Å²) >= 11 is 2.69. The number of para-hydroxylation sites is 1. The van der Waals surface area contributed by atoms with E-state index >= 15 is 0 Å². The number of benzene rings is 2. The number of hydrogen-bond donors (Lipinski definition) is 1. The minimum absolute atomic E-state index is 0.0411. The Hall–Kier alpha value is -3.31. The molecule has 164 valence electrons. The fourth-order valence-corrected chi connectivity index (χ4v) is 4.95. The molecule has 1 unspecified atom stereocenters. The number of nitrogens with one attached hydrogen (secondary N) is 1. The number of anilines is 2. The van der Waals surface area contributed by atoms with E-state index in [0.29, 0.717) is 23.8 Å². The van der Waals surface area contributed by atoms with E-state index in [1.54, 1.807) is 17.0 Å². The van der Waals surface area contributed by atoms with E-state index in [1.165, 1.54) is 35.2 Å². The molecule has 2 aromatic carbocycles. The third kappa shape index (κ3) is 5.29. The van der Waals surface area contributed by atoms with Gasteiger partial charge in [0.2, 0.25) is 16.9 Å². The Labute approximate surface area is 192 Å². The van der Waals surface area contributed by atoms with Crippen LogP contribution in [0.1, 0.15) is 22.9 Å². The highest BCUT2D eigenvalue weighted by Gasteiger charge is 2.33. The first-order valence-corrected chi connectivity index (χ1v) is 11.8. The molecule has 32 heavy (non-hydrogen) atoms. The first-order chi connectivity index (χ1) is 15.5. The topological polar surface area (TPSA) is 118 Å². The van der Waals surface area contributed by atoms with Crippen molar-refractivity contribution in [2.24, 2.45) is 0 Å². The number of thioether (sulfide) groups is 1. The first kappa shape index (κ1) is 21.9. The Morgan fingerprint density at radius 2 is 1.94 bits per heavy atom. The molecular weight excluding hydrogens is 450 g/mol. The summed E-state index contributed by atoms with van der Waals surface area (Å²) in [6, 6.07) is 15.8. The maximum atomic E-state index is 12.4. The number of nitrogens with zero attached hydrogens (tertiary/aromatic N) is 4. The van der Waals surface area contributed by atoms with Crippen molar-refractivity contribution in [2.75, 3.05) is 22.5 Å². The summed E-state index contributed by atoms with van der Waals surface area (Å²) in [4.78, 5) is 36.6. The van der Waals surface area contributed by atoms with Crippen molar-refractivity contribution in [1.29, 1.82) is 0 Å². The molecule has 0 spiro atoms. The van der Waals surface area contributed by atoms with Crippen molar-refractivity contribution in [2.45, 2.75) is 18.1 Å². The van der Waals surface area contributed by atoms with E-state index in [-0.39, 0.29) is 29.2 Å². The average Bonchev–Trinajstić information content (AvgIpc) is 3.41. The SMILES string of the molecule is O=C(CSCc1ccc([N+](=O)[O-])cc1)Nc1nnc(C2CC(=O)N(c3ccccc3)C2)s1. The summed E-state index contributed by atoms with van der Waals surface area (Å²) < 4.78 is 0. The minimum atomic E-state index is -0.443. The Morgan fingerprint density at radius 3 is 2.66 bits per heavy atom. The van der Waals surface area contributed by atoms with Gasteiger partial charge in [-0.05, 0) is 17.7 Å². The lowest BCUT2D eigenvalue weighted by atomic mass is 10.1. The monoisotopic (exact) mass is 469 g/mol. The smallest absolute Gasteiger partial charge is 0.269 e. The molecule has 0 saturated carbocycles. The fraction of sp³-hybridized carbons (Fsp3) is 0.238. The van der Waals surface area contributed by atoms with E-state index in [4.69, 9.17) is 0 Å². The van der Waals surface area contributed by atoms with Crippen LogP contribution in [0.4, 0.5) is 16.5 Å². The Bertz CT molecular complexity index is 1120. The molecule has 0 aliphatic carbocycles. The van der Waals surface area contributed by atoms with Crippen LogP contribution < -0.4 is 10.2 Å². The van der Waals surface area contributed by atoms with Crippen LogP contribution in [-0.4, -0.2) is 39.2 Å². The van der Waals surface area contributed by atoms with Crippen molar-refractivity contribution in [3.05, 3.63) is 75.3 Å². The lowest BCUT2D eigenvalue weighted by molar-refractivity contribution is -0.384. The summed E-state index contributed by atoms with van der Waals surface area (Å²) in [5.41, 5.74) is 1.81. The molecular formula is C21H19N5O4S2. The predicted octanol–water partition coefficient (Wildman–Crippen LogP) is 3.84. The van der Waals surface area contributed by atoms with Crippen molar-refractivity contribution >= 4 is 51.4 Å². The van der Waals surface area contributed by atoms with E-state index in [1.807, 2.05) is 30.3 Å². The normalized spacial score (nSPS) is 15.7. The predicted molar refractivity (Wildman–Crippen MR) is 124 cm³/mol. The Morgan fingerprint density at radius 1 is 1.19 bits per heavy atom. The standard InChI is InChI=1S/C21H19N5O4S2/c27-18(13-31-12-14-6-8-17(9-7-14)26(29)30)22-21-24-23-20(32-21)15-10-19(28)25(11-15)16-4-2-1-3-5-16/h1-9,15H,10-13H2,(H,22,24,27). The summed E-state index contributed by atoms with van der Waals surface area (Å²) in [5, 5.41) is 22.8. The van der Waals surface area contributed by atoms with Crippen LogP contribution in [0.25, 0.3) is 0 Å². The van der Waals surface area contributed by atoms with Crippen LogP contribution in [0.15, 0.2) is 54.6 Å². The van der Waals surface area contributed by atoms with Crippen LogP contribution in [-0.2, 0) is 15.3 Å². The molecule has 1 saturated heterocycles. The number of aromatic nitrogens is 2. The summed E-state index contributed by atoms with van der Waals surface area (Å²) in [6.45, 7) is 0.538. The van der Waals surface area contributed by atoms with Crippen LogP contribution in [0, 0.1) is 10.1 Å². The first-order valence-electron chi connectivity index (χ1n) is 9.79. The number of nitro groups is 1. The summed E-state index contributed by atoms with van der Waals surface area (Å²) in [6.07, 6.45) is 0.364. The van der Waals surface area contributed by atoms with Gasteiger partial charge in [-0.15, -0.1) is 22.0 Å². The van der Waals surface area contributed by atoms with Gasteiger partial charge in [0.1, 0.15) is 5.01 Å². The fourth-order valence-electron chi connectivity index (χ4n) is 3.31. The second kappa shape index (κ2) is 9.88. The van der Waals surface area contributed by atoms with Crippen LogP contribution >= 0.6 is 23.1 Å². The molecule has 1 aliphatic heterocycles. The number of rotatable bonds is 8. The van der Waals surface area contributed by atoms with Crippen LogP contribution in [0.5, 0.6) is 0 Å². The molecule has 4 rings (SSSR count). The molecule has 1 fully saturated rings. The van der Waals surface area contributed by atoms with Crippen LogP contribution in [0.3, 0.4) is 0 Å². The zero-order valence-corrected chi connectivity index (χ0v) is 18.5. The van der Waals surface area contributed by atoms with Gasteiger partial charge < -0.3 is 4.90 Å². The van der Waals surface area contributed by atoms with Gasteiger partial charge in [0.15, 0.2) is 0 Å². The van der Waals surface area contributed by atoms with Crippen molar-refractivity contribution < 1.29 is 14.5 Å². The number of hydrogen-bond acceptors (Lipinski definition) is 8. The molecule has 1 aliphatic rings. The number of carbonyl (C=O) groups is 2. The summed E-state index contributed by atoms with van der Waals surface area (Å²) in [7, 11) is 0. The van der Waals surface area contributed by atoms with Crippen LogP contribution in [0.2, 0.25) is 0 Å². The zero-order chi connectivity index (χ0) is 22.5. The van der Waals surface area contributed by atoms with Gasteiger partial charge in [0.25, 0.3) is 5.69 Å². The summed E-state index contributed by atoms with van der Waals surface area (Å²) in [5.74, 6) is 0.571. The van der Waals surface area contributed by atoms with Crippen molar-refractivity contribution in [1.82, 2.24) is 10.2 Å². The molecule has 2 heterocycles. The maximum absolute atomic E-state index is 12.4. The third-order valence-corrected chi connectivity index (χ3v) is 6.88. The Balaban J connectivity index is 1.26. The average molecular weight is 470 g/mol. The van der Waals surface area contributed by atoms with Gasteiger partial charge in [-0.1, -0.05) is 41.7 Å². The lowest BCUT2D eigenvalue weighted by Crippen LogP contribution is -2.24. The number of amides is 2. The molecule has 9 nitrogen and oxygen atoms in total. The number of non-ortho nitro benzene ring substituents is 1. The molecule has 1 aromatic heterocycles. The van der Waals surface area contributed by atoms with E-state index in [9.17, 15) is 19.7 Å². The van der Waals surface area contributed by atoms with E-state index in [2.05, 4.69) is 15.5 Å². The highest BCUT2D eigenvalue weighted by atomic mass is 32.2. The molecule has 0 radical (unpaired) electrons. The molecule has 3 aromatic rings. The molecule has 2 amide bonds. The highest BCUT2D eigenvalue weighted by molar-refractivity contribution is 7.99. The van der Waals surface area contributed by atoms with E-state index < -0.39 is 4.92 Å². The minimum Gasteiger partial charge on any atom is -0.312 e. The zero-order valence-electron chi connectivity index (χ0n) is 16.8. The molecule has 1 atom stereocenters. The highest BCUT2D eigenvalue weighted by Crippen LogP contribution is 2.34. The Kier molecular flexibility index (Phi) is 6.76. The van der Waals surface area contributed by atoms with Gasteiger partial charge in [-0.2, -0.15) is 0 Å². The van der Waals surface area contributed by atoms with Crippen molar-refractivity contribution in [3.63, 3.8) is 0 Å². The molecule has 1 N–H and O–H groups in total. The second-order valence-electron chi connectivity index (χ2n) is 7.15. The van der Waals surface area contributed by atoms with Gasteiger partial charge in [0, 0.05) is 42.5 Å². The van der Waals surface area contributed by atoms with Crippen molar-refractivity contribution in [3.8, 4) is 0 Å². The third-order valence-electron chi connectivity index (χ3n) is 4.88. The lowest BCUT2D eigenvalue weighted by Gasteiger charge is -2.15. The quantitative estimate of drug-likeness (QED) is 0.393. The van der Waals surface area contributed by atoms with E-state index in [0.717, 1.165) is 16.3 Å². The number of carbonyl (C=O) groups excluding carboxylic acids is 2. The van der Waals surface area contributed by atoms with Gasteiger partial charge in [-0.25, -0.2) is 0 Å². The number of nitro benzene ring substituents is 1. The molecule has 11 heteroatoms.